The molecule has 0 saturated heterocycles. The minimum atomic E-state index is -0.451. The van der Waals surface area contributed by atoms with Gasteiger partial charge in [-0.1, -0.05) is 6.58 Å². The zero-order chi connectivity index (χ0) is 11.9. The number of ether oxygens (including phenoxy) is 2. The van der Waals surface area contributed by atoms with Crippen molar-refractivity contribution in [3.63, 3.8) is 0 Å². The minimum Gasteiger partial charge on any atom is -0.465 e. The quantitative estimate of drug-likeness (QED) is 0.355. The molecule has 0 fully saturated rings. The Labute approximate surface area is 89.9 Å². The fourth-order valence-electron chi connectivity index (χ4n) is 0.945. The highest BCUT2D eigenvalue weighted by Crippen LogP contribution is 1.97. The van der Waals surface area contributed by atoms with Crippen LogP contribution >= 0.6 is 0 Å². The Morgan fingerprint density at radius 2 is 2.00 bits per heavy atom. The van der Waals surface area contributed by atoms with Gasteiger partial charge in [-0.15, -0.1) is 0 Å². The summed E-state index contributed by atoms with van der Waals surface area (Å²) in [6.45, 7) is 4.34. The van der Waals surface area contributed by atoms with E-state index >= 15 is 0 Å². The minimum absolute atomic E-state index is 0.252. The molecule has 0 rings (SSSR count). The largest absolute Gasteiger partial charge is 0.465 e. The molecule has 0 amide bonds. The lowest BCUT2D eigenvalue weighted by Gasteiger charge is -2.27. The third-order valence-corrected chi connectivity index (χ3v) is 1.89. The van der Waals surface area contributed by atoms with E-state index in [2.05, 4.69) is 11.3 Å². The van der Waals surface area contributed by atoms with Crippen LogP contribution in [0.4, 0.5) is 0 Å². The maximum atomic E-state index is 11.0. The predicted octanol–water partition coefficient (Wildman–Crippen LogP) is -0.0350. The number of likely N-dealkylation sites (N-methyl/N-ethyl adjacent to an activating group) is 1. The number of hydrogen-bond acceptors (Lipinski definition) is 4. The lowest BCUT2D eigenvalue weighted by Crippen LogP contribution is -2.46. The van der Waals surface area contributed by atoms with Crippen molar-refractivity contribution in [3.8, 4) is 0 Å². The topological polar surface area (TPSA) is 52.6 Å². The van der Waals surface area contributed by atoms with Crippen LogP contribution in [0.15, 0.2) is 12.7 Å². The zero-order valence-electron chi connectivity index (χ0n) is 9.49. The zero-order valence-corrected chi connectivity index (χ0v) is 9.49. The van der Waals surface area contributed by atoms with Crippen molar-refractivity contribution < 1.29 is 23.5 Å². The van der Waals surface area contributed by atoms with E-state index in [0.717, 1.165) is 6.08 Å². The smallest absolute Gasteiger partial charge is 0.361 e. The van der Waals surface area contributed by atoms with E-state index in [4.69, 9.17) is 4.74 Å². The molecule has 86 valence electrons. The van der Waals surface area contributed by atoms with Crippen LogP contribution in [0.3, 0.4) is 0 Å². The van der Waals surface area contributed by atoms with Crippen LogP contribution in [0, 0.1) is 0 Å². The van der Waals surface area contributed by atoms with Crippen molar-refractivity contribution in [2.75, 3.05) is 40.9 Å². The van der Waals surface area contributed by atoms with Crippen LogP contribution in [0.1, 0.15) is 0 Å². The third kappa shape index (κ3) is 6.68. The first-order valence-electron chi connectivity index (χ1n) is 4.59. The fourth-order valence-corrected chi connectivity index (χ4v) is 0.945. The van der Waals surface area contributed by atoms with E-state index in [1.807, 2.05) is 14.1 Å². The van der Waals surface area contributed by atoms with E-state index in [9.17, 15) is 9.59 Å². The Balaban J connectivity index is 3.88. The maximum Gasteiger partial charge on any atom is 0.361 e. The molecule has 0 saturated carbocycles. The standard InChI is InChI=1S/C10H18NO4/c1-5-9(12)15-7-6-11(2,3)8-10(13)14-4/h5H,1,6-8H2,2-4H3/q+1. The molecule has 0 N–H and O–H groups in total. The molecule has 0 atom stereocenters. The molecule has 15 heavy (non-hydrogen) atoms. The van der Waals surface area contributed by atoms with Crippen molar-refractivity contribution in [2.24, 2.45) is 0 Å². The summed E-state index contributed by atoms with van der Waals surface area (Å²) in [6, 6.07) is 0. The normalized spacial score (nSPS) is 10.6. The Bertz CT molecular complexity index is 248. The van der Waals surface area contributed by atoms with E-state index in [1.54, 1.807) is 0 Å². The van der Waals surface area contributed by atoms with Crippen molar-refractivity contribution >= 4 is 11.9 Å². The molecule has 0 aromatic heterocycles. The van der Waals surface area contributed by atoms with E-state index in [-0.39, 0.29) is 19.1 Å². The Kier molecular flexibility index (Phi) is 5.62. The van der Waals surface area contributed by atoms with Crippen LogP contribution in [0.25, 0.3) is 0 Å². The van der Waals surface area contributed by atoms with Gasteiger partial charge in [-0.2, -0.15) is 0 Å². The molecule has 0 unspecified atom stereocenters. The molecule has 0 bridgehead atoms. The van der Waals surface area contributed by atoms with Gasteiger partial charge in [-0.25, -0.2) is 9.59 Å². The highest BCUT2D eigenvalue weighted by Gasteiger charge is 2.20. The van der Waals surface area contributed by atoms with Gasteiger partial charge in [-0.05, 0) is 0 Å². The number of quaternary nitrogens is 1. The number of esters is 2. The maximum absolute atomic E-state index is 11.0. The molecule has 0 aromatic carbocycles. The molecule has 0 aliphatic heterocycles. The van der Waals surface area contributed by atoms with Crippen LogP contribution in [-0.4, -0.2) is 57.3 Å². The van der Waals surface area contributed by atoms with Gasteiger partial charge in [-0.3, -0.25) is 0 Å². The van der Waals surface area contributed by atoms with Gasteiger partial charge in [0.15, 0.2) is 6.54 Å². The van der Waals surface area contributed by atoms with Gasteiger partial charge < -0.3 is 14.0 Å². The van der Waals surface area contributed by atoms with Gasteiger partial charge in [0.2, 0.25) is 0 Å². The second-order valence-electron chi connectivity index (χ2n) is 3.77. The average Bonchev–Trinajstić information content (AvgIpc) is 2.16. The first-order valence-corrected chi connectivity index (χ1v) is 4.59. The molecule has 0 spiro atoms. The second-order valence-corrected chi connectivity index (χ2v) is 3.77. The summed E-state index contributed by atoms with van der Waals surface area (Å²) in [5, 5.41) is 0. The predicted molar refractivity (Wildman–Crippen MR) is 55.0 cm³/mol. The number of methoxy groups -OCH3 is 1. The van der Waals surface area contributed by atoms with Gasteiger partial charge >= 0.3 is 11.9 Å². The Morgan fingerprint density at radius 1 is 1.40 bits per heavy atom. The number of hydrogen-bond donors (Lipinski definition) is 0. The van der Waals surface area contributed by atoms with E-state index in [0.29, 0.717) is 11.0 Å². The van der Waals surface area contributed by atoms with Gasteiger partial charge in [0.05, 0.1) is 21.2 Å². The monoisotopic (exact) mass is 216 g/mol. The van der Waals surface area contributed by atoms with Crippen LogP contribution in [-0.2, 0) is 19.1 Å². The number of nitrogens with zero attached hydrogens (tertiary/aromatic N) is 1. The fraction of sp³-hybridized carbons (Fsp3) is 0.600. The van der Waals surface area contributed by atoms with Crippen molar-refractivity contribution in [1.29, 1.82) is 0 Å². The van der Waals surface area contributed by atoms with Gasteiger partial charge in [0, 0.05) is 6.08 Å². The van der Waals surface area contributed by atoms with Crippen LogP contribution < -0.4 is 0 Å². The van der Waals surface area contributed by atoms with Crippen LogP contribution in [0.2, 0.25) is 0 Å². The summed E-state index contributed by atoms with van der Waals surface area (Å²) in [4.78, 5) is 21.8. The second kappa shape index (κ2) is 6.19. The first-order chi connectivity index (χ1) is 6.91. The van der Waals surface area contributed by atoms with Crippen LogP contribution in [0.5, 0.6) is 0 Å². The molecule has 5 nitrogen and oxygen atoms in total. The molecule has 0 aliphatic carbocycles. The summed E-state index contributed by atoms with van der Waals surface area (Å²) in [6.07, 6.45) is 1.11. The van der Waals surface area contributed by atoms with Crippen molar-refractivity contribution in [3.05, 3.63) is 12.7 Å². The summed E-state index contributed by atoms with van der Waals surface area (Å²) < 4.78 is 9.79. The number of rotatable bonds is 6. The molecular formula is C10H18NO4+. The number of carbonyl (C=O) groups excluding carboxylic acids is 2. The summed E-state index contributed by atoms with van der Waals surface area (Å²) in [7, 11) is 5.07. The highest BCUT2D eigenvalue weighted by molar-refractivity contribution is 5.81. The first kappa shape index (κ1) is 13.6. The molecule has 0 aliphatic rings. The van der Waals surface area contributed by atoms with E-state index in [1.165, 1.54) is 7.11 Å². The summed E-state index contributed by atoms with van der Waals surface area (Å²) in [5.41, 5.74) is 0. The average molecular weight is 216 g/mol. The molecule has 5 heteroatoms. The molecule has 0 radical (unpaired) electrons. The molecule has 0 aromatic rings. The summed E-state index contributed by atoms with van der Waals surface area (Å²) in [5.74, 6) is -0.733. The van der Waals surface area contributed by atoms with Gasteiger partial charge in [0.1, 0.15) is 13.2 Å². The molecule has 0 heterocycles. The lowest BCUT2D eigenvalue weighted by molar-refractivity contribution is -0.883. The Morgan fingerprint density at radius 3 is 2.47 bits per heavy atom. The Hall–Kier alpha value is -1.36. The lowest BCUT2D eigenvalue weighted by atomic mass is 10.4. The summed E-state index contributed by atoms with van der Waals surface area (Å²) >= 11 is 0. The SMILES string of the molecule is C=CC(=O)OCC[N+](C)(C)CC(=O)OC. The highest BCUT2D eigenvalue weighted by atomic mass is 16.5. The van der Waals surface area contributed by atoms with Crippen molar-refractivity contribution in [2.45, 2.75) is 0 Å². The number of carbonyl (C=O) groups is 2. The molecular weight excluding hydrogens is 198 g/mol. The van der Waals surface area contributed by atoms with Gasteiger partial charge in [0.25, 0.3) is 0 Å². The third-order valence-electron chi connectivity index (χ3n) is 1.89. The van der Waals surface area contributed by atoms with Crippen molar-refractivity contribution in [1.82, 2.24) is 0 Å². The van der Waals surface area contributed by atoms with E-state index < -0.39 is 5.97 Å².